The number of nitrogen functional groups attached to an aromatic ring is 1. The molecule has 0 saturated carbocycles. The average molecular weight is 270 g/mol. The molecule has 4 nitrogen and oxygen atoms in total. The molecule has 0 aliphatic heterocycles. The van der Waals surface area contributed by atoms with Crippen LogP contribution in [-0.2, 0) is 11.3 Å². The standard InChI is InChI=1S/C16H18N2O2/c1-2-20-16(19)13-9-7-12(8-10-13)11-18-15-6-4-3-5-14(15)17/h3-10,18H,2,11,17H2,1H3. The fourth-order valence-corrected chi connectivity index (χ4v) is 1.83. The van der Waals surface area contributed by atoms with Gasteiger partial charge < -0.3 is 15.8 Å². The minimum Gasteiger partial charge on any atom is -0.462 e. The highest BCUT2D eigenvalue weighted by Gasteiger charge is 2.05. The van der Waals surface area contributed by atoms with Crippen LogP contribution in [-0.4, -0.2) is 12.6 Å². The normalized spacial score (nSPS) is 10.1. The number of esters is 1. The number of benzene rings is 2. The molecule has 20 heavy (non-hydrogen) atoms. The Morgan fingerprint density at radius 2 is 1.85 bits per heavy atom. The van der Waals surface area contributed by atoms with Crippen LogP contribution in [0.2, 0.25) is 0 Å². The Kier molecular flexibility index (Phi) is 4.60. The van der Waals surface area contributed by atoms with Crippen LogP contribution >= 0.6 is 0 Å². The molecular formula is C16H18N2O2. The van der Waals surface area contributed by atoms with Gasteiger partial charge in [-0.05, 0) is 36.8 Å². The number of anilines is 2. The molecule has 0 aromatic heterocycles. The number of nitrogens with two attached hydrogens (primary N) is 1. The van der Waals surface area contributed by atoms with Gasteiger partial charge in [-0.25, -0.2) is 4.79 Å². The van der Waals surface area contributed by atoms with Crippen molar-refractivity contribution in [2.24, 2.45) is 0 Å². The summed E-state index contributed by atoms with van der Waals surface area (Å²) >= 11 is 0. The predicted octanol–water partition coefficient (Wildman–Crippen LogP) is 3.06. The van der Waals surface area contributed by atoms with E-state index in [1.807, 2.05) is 36.4 Å². The smallest absolute Gasteiger partial charge is 0.338 e. The van der Waals surface area contributed by atoms with Crippen LogP contribution in [0.1, 0.15) is 22.8 Å². The number of para-hydroxylation sites is 2. The summed E-state index contributed by atoms with van der Waals surface area (Å²) in [4.78, 5) is 11.5. The van der Waals surface area contributed by atoms with Gasteiger partial charge in [0.1, 0.15) is 0 Å². The number of nitrogens with one attached hydrogen (secondary N) is 1. The highest BCUT2D eigenvalue weighted by atomic mass is 16.5. The number of carbonyl (C=O) groups is 1. The first-order valence-corrected chi connectivity index (χ1v) is 6.55. The highest BCUT2D eigenvalue weighted by Crippen LogP contribution is 2.17. The fraction of sp³-hybridized carbons (Fsp3) is 0.188. The zero-order chi connectivity index (χ0) is 14.4. The van der Waals surface area contributed by atoms with E-state index in [2.05, 4.69) is 5.32 Å². The second kappa shape index (κ2) is 6.61. The quantitative estimate of drug-likeness (QED) is 0.647. The van der Waals surface area contributed by atoms with Gasteiger partial charge in [-0.15, -0.1) is 0 Å². The van der Waals surface area contributed by atoms with Crippen LogP contribution < -0.4 is 11.1 Å². The lowest BCUT2D eigenvalue weighted by Crippen LogP contribution is -2.05. The number of hydrogen-bond acceptors (Lipinski definition) is 4. The van der Waals surface area contributed by atoms with Crippen molar-refractivity contribution in [2.45, 2.75) is 13.5 Å². The molecule has 3 N–H and O–H groups in total. The van der Waals surface area contributed by atoms with E-state index in [1.54, 1.807) is 19.1 Å². The maximum atomic E-state index is 11.5. The van der Waals surface area contributed by atoms with Gasteiger partial charge in [-0.1, -0.05) is 24.3 Å². The topological polar surface area (TPSA) is 64.3 Å². The molecule has 0 fully saturated rings. The molecule has 0 spiro atoms. The summed E-state index contributed by atoms with van der Waals surface area (Å²) in [5.74, 6) is -0.292. The van der Waals surface area contributed by atoms with Crippen LogP contribution in [0.3, 0.4) is 0 Å². The van der Waals surface area contributed by atoms with Crippen LogP contribution in [0.25, 0.3) is 0 Å². The molecule has 0 radical (unpaired) electrons. The molecule has 4 heteroatoms. The monoisotopic (exact) mass is 270 g/mol. The Morgan fingerprint density at radius 1 is 1.15 bits per heavy atom. The van der Waals surface area contributed by atoms with E-state index in [9.17, 15) is 4.79 Å². The van der Waals surface area contributed by atoms with Crippen LogP contribution in [0.5, 0.6) is 0 Å². The SMILES string of the molecule is CCOC(=O)c1ccc(CNc2ccccc2N)cc1. The summed E-state index contributed by atoms with van der Waals surface area (Å²) in [6.45, 7) is 2.83. The maximum Gasteiger partial charge on any atom is 0.338 e. The van der Waals surface area contributed by atoms with Gasteiger partial charge >= 0.3 is 5.97 Å². The zero-order valence-electron chi connectivity index (χ0n) is 11.4. The number of hydrogen-bond donors (Lipinski definition) is 2. The van der Waals surface area contributed by atoms with Gasteiger partial charge in [-0.2, -0.15) is 0 Å². The van der Waals surface area contributed by atoms with Crippen molar-refractivity contribution in [3.05, 3.63) is 59.7 Å². The van der Waals surface area contributed by atoms with Crippen molar-refractivity contribution in [2.75, 3.05) is 17.7 Å². The third-order valence-corrected chi connectivity index (χ3v) is 2.91. The summed E-state index contributed by atoms with van der Waals surface area (Å²) in [6, 6.07) is 15.0. The molecule has 2 aromatic carbocycles. The Morgan fingerprint density at radius 3 is 2.50 bits per heavy atom. The summed E-state index contributed by atoms with van der Waals surface area (Å²) in [6.07, 6.45) is 0. The fourth-order valence-electron chi connectivity index (χ4n) is 1.83. The molecule has 2 aromatic rings. The zero-order valence-corrected chi connectivity index (χ0v) is 11.4. The summed E-state index contributed by atoms with van der Waals surface area (Å²) in [5.41, 5.74) is 9.12. The number of rotatable bonds is 5. The molecule has 0 saturated heterocycles. The van der Waals surface area contributed by atoms with Crippen LogP contribution in [0, 0.1) is 0 Å². The van der Waals surface area contributed by atoms with Crippen molar-refractivity contribution in [1.29, 1.82) is 0 Å². The minimum absolute atomic E-state index is 0.292. The van der Waals surface area contributed by atoms with Crippen molar-refractivity contribution in [1.82, 2.24) is 0 Å². The molecule has 0 heterocycles. The molecule has 0 bridgehead atoms. The molecule has 0 amide bonds. The van der Waals surface area contributed by atoms with E-state index in [-0.39, 0.29) is 5.97 Å². The highest BCUT2D eigenvalue weighted by molar-refractivity contribution is 5.89. The first kappa shape index (κ1) is 13.9. The van der Waals surface area contributed by atoms with E-state index >= 15 is 0 Å². The Bertz CT molecular complexity index is 579. The molecule has 104 valence electrons. The van der Waals surface area contributed by atoms with E-state index in [1.165, 1.54) is 0 Å². The molecule has 0 aliphatic rings. The van der Waals surface area contributed by atoms with Gasteiger partial charge in [-0.3, -0.25) is 0 Å². The van der Waals surface area contributed by atoms with Crippen LogP contribution in [0.15, 0.2) is 48.5 Å². The van der Waals surface area contributed by atoms with E-state index < -0.39 is 0 Å². The first-order valence-electron chi connectivity index (χ1n) is 6.55. The number of ether oxygens (including phenoxy) is 1. The molecule has 0 unspecified atom stereocenters. The van der Waals surface area contributed by atoms with Gasteiger partial charge in [0.2, 0.25) is 0 Å². The van der Waals surface area contributed by atoms with Crippen molar-refractivity contribution in [3.63, 3.8) is 0 Å². The van der Waals surface area contributed by atoms with E-state index in [4.69, 9.17) is 10.5 Å². The van der Waals surface area contributed by atoms with Crippen molar-refractivity contribution in [3.8, 4) is 0 Å². The maximum absolute atomic E-state index is 11.5. The Balaban J connectivity index is 1.98. The molecule has 2 rings (SSSR count). The lowest BCUT2D eigenvalue weighted by Gasteiger charge is -2.09. The van der Waals surface area contributed by atoms with Gasteiger partial charge in [0.15, 0.2) is 0 Å². The second-order valence-corrected chi connectivity index (χ2v) is 4.36. The molecule has 0 aliphatic carbocycles. The van der Waals surface area contributed by atoms with Crippen molar-refractivity contribution < 1.29 is 9.53 Å². The predicted molar refractivity (Wildman–Crippen MR) is 80.6 cm³/mol. The lowest BCUT2D eigenvalue weighted by molar-refractivity contribution is 0.0526. The van der Waals surface area contributed by atoms with Crippen LogP contribution in [0.4, 0.5) is 11.4 Å². The average Bonchev–Trinajstić information content (AvgIpc) is 2.47. The van der Waals surface area contributed by atoms with E-state index in [0.29, 0.717) is 18.7 Å². The van der Waals surface area contributed by atoms with Gasteiger partial charge in [0, 0.05) is 6.54 Å². The minimum atomic E-state index is -0.292. The number of carbonyl (C=O) groups excluding carboxylic acids is 1. The Hall–Kier alpha value is -2.49. The first-order chi connectivity index (χ1) is 9.70. The third kappa shape index (κ3) is 3.51. The Labute approximate surface area is 118 Å². The molecule has 0 atom stereocenters. The van der Waals surface area contributed by atoms with Crippen molar-refractivity contribution >= 4 is 17.3 Å². The van der Waals surface area contributed by atoms with Gasteiger partial charge in [0.25, 0.3) is 0 Å². The van der Waals surface area contributed by atoms with Gasteiger partial charge in [0.05, 0.1) is 23.5 Å². The summed E-state index contributed by atoms with van der Waals surface area (Å²) in [7, 11) is 0. The molecular weight excluding hydrogens is 252 g/mol. The summed E-state index contributed by atoms with van der Waals surface area (Å²) in [5, 5.41) is 3.26. The lowest BCUT2D eigenvalue weighted by atomic mass is 10.1. The largest absolute Gasteiger partial charge is 0.462 e. The second-order valence-electron chi connectivity index (χ2n) is 4.36. The van der Waals surface area contributed by atoms with E-state index in [0.717, 1.165) is 16.9 Å². The third-order valence-electron chi connectivity index (χ3n) is 2.91. The summed E-state index contributed by atoms with van der Waals surface area (Å²) < 4.78 is 4.94.